The van der Waals surface area contributed by atoms with Crippen molar-refractivity contribution in [3.8, 4) is 0 Å². The van der Waals surface area contributed by atoms with Crippen LogP contribution in [0.2, 0.25) is 0 Å². The van der Waals surface area contributed by atoms with E-state index in [1.54, 1.807) is 0 Å². The minimum absolute atomic E-state index is 0.0145. The molecule has 9 N–H and O–H groups in total. The van der Waals surface area contributed by atoms with E-state index < -0.39 is 54.0 Å². The van der Waals surface area contributed by atoms with Gasteiger partial charge in [0.05, 0.1) is 6.04 Å². The topological polar surface area (TPSA) is 433 Å². The van der Waals surface area contributed by atoms with E-state index in [9.17, 15) is 66.9 Å². The van der Waals surface area contributed by atoms with Crippen molar-refractivity contribution in [2.75, 3.05) is 77.1 Å². The van der Waals surface area contributed by atoms with Crippen molar-refractivity contribution < 1.29 is 101 Å². The number of nitrogens with zero attached hydrogens (tertiary/aromatic N) is 4. The van der Waals surface area contributed by atoms with Gasteiger partial charge in [-0.25, -0.2) is 0 Å². The third-order valence-corrected chi connectivity index (χ3v) is 17.2. The molecule has 4 aromatic carbocycles. The van der Waals surface area contributed by atoms with Gasteiger partial charge in [0.25, 0.3) is 5.97 Å². The first-order valence-electron chi connectivity index (χ1n) is 36.7. The molecular formula is C76H105B2BrN10O21. The molecule has 5 atom stereocenters. The first kappa shape index (κ1) is 94.3. The summed E-state index contributed by atoms with van der Waals surface area (Å²) in [7, 11) is 1.51. The number of likely N-dealkylation sites (tertiary alicyclic amines) is 4. The number of carbonyl (C=O) groups is 13. The second kappa shape index (κ2) is 56.3. The van der Waals surface area contributed by atoms with Crippen LogP contribution in [0, 0.1) is 0 Å². The maximum Gasteiger partial charge on any atom is 0.316 e. The predicted molar refractivity (Wildman–Crippen MR) is 408 cm³/mol. The summed E-state index contributed by atoms with van der Waals surface area (Å²) in [6.07, 6.45) is 12.6. The van der Waals surface area contributed by atoms with E-state index in [2.05, 4.69) is 42.5 Å². The fourth-order valence-corrected chi connectivity index (χ4v) is 11.5. The second-order valence-electron chi connectivity index (χ2n) is 25.8. The molecule has 0 saturated carbocycles. The number of carboxylic acid groups (broad SMARTS) is 2. The molecule has 5 aliphatic heterocycles. The number of ether oxygens (including phenoxy) is 4. The molecule has 0 aromatic heterocycles. The number of amides is 7. The molecule has 5 heterocycles. The number of benzene rings is 4. The molecule has 5 unspecified atom stereocenters. The molecule has 598 valence electrons. The van der Waals surface area contributed by atoms with Gasteiger partial charge < -0.3 is 55.5 Å². The Kier molecular flexibility index (Phi) is 48.3. The van der Waals surface area contributed by atoms with Crippen LogP contribution in [0.5, 0.6) is 0 Å². The Bertz CT molecular complexity index is 3480. The van der Waals surface area contributed by atoms with Gasteiger partial charge in [-0.15, -0.1) is 0 Å². The van der Waals surface area contributed by atoms with Gasteiger partial charge in [-0.1, -0.05) is 113 Å². The average Bonchev–Trinajstić information content (AvgIpc) is 1.05. The number of rotatable bonds is 25. The number of halogens is 1. The molecule has 31 nitrogen and oxygen atoms in total. The van der Waals surface area contributed by atoms with Crippen LogP contribution < -0.4 is 32.3 Å². The van der Waals surface area contributed by atoms with Crippen molar-refractivity contribution in [1.29, 1.82) is 0 Å². The third kappa shape index (κ3) is 42.2. The molecule has 0 spiro atoms. The summed E-state index contributed by atoms with van der Waals surface area (Å²) in [5.74, 6) is -4.64. The molecule has 5 saturated heterocycles. The van der Waals surface area contributed by atoms with Gasteiger partial charge in [-0.05, 0) is 74.5 Å². The van der Waals surface area contributed by atoms with Crippen LogP contribution in [-0.2, 0) is 117 Å². The van der Waals surface area contributed by atoms with E-state index in [1.165, 1.54) is 33.4 Å². The number of aliphatic carboxylic acids is 2. The Labute approximate surface area is 651 Å². The van der Waals surface area contributed by atoms with Crippen LogP contribution in [0.15, 0.2) is 121 Å². The van der Waals surface area contributed by atoms with Gasteiger partial charge in [0.15, 0.2) is 0 Å². The van der Waals surface area contributed by atoms with Crippen molar-refractivity contribution in [2.45, 2.75) is 174 Å². The molecule has 9 rings (SSSR count). The van der Waals surface area contributed by atoms with Crippen molar-refractivity contribution in [3.63, 3.8) is 0 Å². The third-order valence-electron chi connectivity index (χ3n) is 16.7. The van der Waals surface area contributed by atoms with Gasteiger partial charge in [-0.3, -0.25) is 47.9 Å². The minimum Gasteiger partial charge on any atom is -0.460 e. The number of carboxylic acids is 2. The zero-order valence-corrected chi connectivity index (χ0v) is 64.5. The second-order valence-corrected chi connectivity index (χ2v) is 26.4. The van der Waals surface area contributed by atoms with Crippen LogP contribution in [0.25, 0.3) is 0 Å². The zero-order valence-electron chi connectivity index (χ0n) is 62.9. The van der Waals surface area contributed by atoms with Crippen LogP contribution >= 0.6 is 15.9 Å². The first-order valence-corrected chi connectivity index (χ1v) is 37.8. The quantitative estimate of drug-likeness (QED) is 0.0200. The summed E-state index contributed by atoms with van der Waals surface area (Å²) in [5.41, 5.74) is 9.52. The number of nitrogens with one attached hydrogen (secondary N) is 5. The number of hydrogen-bond acceptors (Lipinski definition) is 22. The van der Waals surface area contributed by atoms with E-state index in [1.807, 2.05) is 121 Å². The zero-order chi connectivity index (χ0) is 80.9. The van der Waals surface area contributed by atoms with E-state index in [-0.39, 0.29) is 118 Å². The standard InChI is InChI=1S/C17H22N2O4.C16H21BN2O4.C15H20N2O3.C10H16N2O4.C9H9BrO2.C7H13BN2O2.C2H4O2/c1-13(20)18-15-9-5-6-10-19(17(15)22)11-16(21)23-12-14-7-3-2-4-8-14;20-15(23-11-13-6-2-1-3-7-13)10-19-9-5-4-8-14(16(19)21)18-12-17-22;16-13-8-4-5-9-17(15(13)19)10-14(18)20-11-12-6-2-1-3-7-12;1-7(13)11-8-4-2-3-5-12(10(8)16)6-9(14)15;10-6-9(11)12-7-8-4-2-1-3-5-8;11-7-6(10-5-8-12)3-1-2-4-9-7;1-2(3)4/h2-4,7-8,15H,5-6,9-12H2,1H3,(H,18,20);1-3,6-7,14,18H,4-5,8-12H2;1-3,6-7,13H,4-5,8-11,16H2;8H,2-6H2,1H3,(H,11,13)(H,14,15);1-5H,6-7H2;6,10H,1-5H2,(H,9,11);1H3,(H,3,4). The number of nitrogens with two attached hydrogens (primary N) is 1. The molecule has 0 bridgehead atoms. The number of esters is 4. The molecule has 5 aliphatic rings. The monoisotopic (exact) mass is 1590 g/mol. The Morgan fingerprint density at radius 1 is 0.436 bits per heavy atom. The molecule has 110 heavy (non-hydrogen) atoms. The Hall–Kier alpha value is -9.92. The van der Waals surface area contributed by atoms with Crippen molar-refractivity contribution in [1.82, 2.24) is 46.2 Å². The van der Waals surface area contributed by atoms with Crippen LogP contribution in [0.4, 0.5) is 0 Å². The van der Waals surface area contributed by atoms with E-state index in [4.69, 9.17) is 39.7 Å². The fraction of sp³-hybridized carbons (Fsp3) is 0.513. The summed E-state index contributed by atoms with van der Waals surface area (Å²) in [4.78, 5) is 154. The maximum absolute atomic E-state index is 12.4. The normalized spacial score (nSPS) is 18.2. The number of carbonyl (C=O) groups excluding carboxylic acids is 11. The molecule has 0 radical (unpaired) electrons. The number of alkyl halides is 1. The predicted octanol–water partition coefficient (Wildman–Crippen LogP) is 4.08. The van der Waals surface area contributed by atoms with Crippen LogP contribution in [0.1, 0.15) is 139 Å². The fourth-order valence-electron chi connectivity index (χ4n) is 11.3. The summed E-state index contributed by atoms with van der Waals surface area (Å²) >= 11 is 3.01. The average molecular weight is 1600 g/mol. The largest absolute Gasteiger partial charge is 0.460 e. The summed E-state index contributed by atoms with van der Waals surface area (Å²) < 4.78 is 41.0. The summed E-state index contributed by atoms with van der Waals surface area (Å²) in [5, 5.41) is 30.1. The Morgan fingerprint density at radius 2 is 0.736 bits per heavy atom. The first-order chi connectivity index (χ1) is 52.8. The molecular weight excluding hydrogens is 1490 g/mol. The van der Waals surface area contributed by atoms with Gasteiger partial charge in [0, 0.05) is 40.4 Å². The van der Waals surface area contributed by atoms with Gasteiger partial charge >= 0.3 is 225 Å². The van der Waals surface area contributed by atoms with E-state index in [0.717, 1.165) is 121 Å². The van der Waals surface area contributed by atoms with Crippen molar-refractivity contribution in [3.05, 3.63) is 144 Å². The van der Waals surface area contributed by atoms with E-state index >= 15 is 0 Å². The Morgan fingerprint density at radius 3 is 1.08 bits per heavy atom. The summed E-state index contributed by atoms with van der Waals surface area (Å²) in [6.45, 7) is 7.18. The smallest absolute Gasteiger partial charge is 0.316 e. The minimum atomic E-state index is -1.03. The molecule has 0 aliphatic carbocycles. The van der Waals surface area contributed by atoms with Gasteiger partial charge in [0.1, 0.15) is 56.9 Å². The summed E-state index contributed by atoms with van der Waals surface area (Å²) in [6, 6.07) is 35.7. The van der Waals surface area contributed by atoms with E-state index in [0.29, 0.717) is 58.5 Å². The Balaban J connectivity index is 0.000000344. The molecule has 5 fully saturated rings. The molecule has 34 heteroatoms. The van der Waals surface area contributed by atoms with Crippen molar-refractivity contribution in [2.24, 2.45) is 5.73 Å². The van der Waals surface area contributed by atoms with Gasteiger partial charge in [-0.2, -0.15) is 0 Å². The SMILES string of the molecule is CC(=O)NC1CCCCN(CC(=O)O)C1=O.CC(=O)NC1CCCCN(CC(=O)OCc2ccccc2)C1=O.CC(=O)O.NC1CCCCN(CC(=O)OCc2ccccc2)C1=O.O=BCNC1CCCCN(CC(=O)OCc2ccccc2)C1=O.O=BCNC1CCCCNC1=O.O=C(CBr)OCc1ccccc1. The van der Waals surface area contributed by atoms with Crippen LogP contribution in [0.3, 0.4) is 0 Å². The van der Waals surface area contributed by atoms with Crippen LogP contribution in [-0.4, -0.2) is 229 Å². The molecule has 4 aromatic rings. The number of hydrogen-bond donors (Lipinski definition) is 8. The van der Waals surface area contributed by atoms with Crippen molar-refractivity contribution >= 4 is 107 Å². The molecule has 7 amide bonds. The maximum atomic E-state index is 12.4. The van der Waals surface area contributed by atoms with Gasteiger partial charge in [0.2, 0.25) is 29.5 Å².